The van der Waals surface area contributed by atoms with Crippen LogP contribution in [0.5, 0.6) is 6.01 Å². The summed E-state index contributed by atoms with van der Waals surface area (Å²) in [4.78, 5) is 31.7. The van der Waals surface area contributed by atoms with Crippen molar-refractivity contribution in [1.29, 1.82) is 0 Å². The molecule has 1 saturated carbocycles. The van der Waals surface area contributed by atoms with Gasteiger partial charge in [-0.25, -0.2) is 15.0 Å². The lowest BCUT2D eigenvalue weighted by molar-refractivity contribution is 0.0873. The Kier molecular flexibility index (Phi) is 5.61. The first-order valence-corrected chi connectivity index (χ1v) is 10.7. The minimum atomic E-state index is -0.232. The Bertz CT molecular complexity index is 1030. The third-order valence-corrected chi connectivity index (χ3v) is 5.73. The van der Waals surface area contributed by atoms with Crippen molar-refractivity contribution in [3.63, 3.8) is 0 Å². The van der Waals surface area contributed by atoms with Crippen LogP contribution in [0.1, 0.15) is 36.3 Å². The largest absolute Gasteiger partial charge is 0.461 e. The standard InChI is InChI=1S/C21H25N7O3/c29-20(19-23-6-1-7-24-19)25-15-2-4-16(5-3-15)31-21-26-18(27-10-12-30-13-11-27)14-17-22-8-9-28(17)21/h1,6-9,14-16H,2-5,10-13H2,(H,25,29)/t15-,16+. The number of anilines is 1. The van der Waals surface area contributed by atoms with Crippen LogP contribution in [-0.2, 0) is 4.74 Å². The molecule has 1 aliphatic heterocycles. The fourth-order valence-electron chi connectivity index (χ4n) is 4.06. The summed E-state index contributed by atoms with van der Waals surface area (Å²) in [7, 11) is 0. The van der Waals surface area contributed by atoms with E-state index in [1.807, 2.05) is 16.7 Å². The highest BCUT2D eigenvalue weighted by molar-refractivity contribution is 5.90. The van der Waals surface area contributed by atoms with Crippen molar-refractivity contribution in [3.05, 3.63) is 42.7 Å². The minimum Gasteiger partial charge on any atom is -0.461 e. The van der Waals surface area contributed by atoms with Crippen LogP contribution in [0.3, 0.4) is 0 Å². The van der Waals surface area contributed by atoms with Crippen LogP contribution in [0.4, 0.5) is 5.82 Å². The van der Waals surface area contributed by atoms with E-state index in [0.717, 1.165) is 50.2 Å². The van der Waals surface area contributed by atoms with Gasteiger partial charge in [-0.05, 0) is 31.7 Å². The van der Waals surface area contributed by atoms with E-state index in [1.165, 1.54) is 0 Å². The molecule has 2 aliphatic rings. The molecule has 10 heteroatoms. The van der Waals surface area contributed by atoms with Crippen molar-refractivity contribution < 1.29 is 14.3 Å². The molecule has 0 spiro atoms. The SMILES string of the molecule is O=C(N[C@H]1CC[C@@H](Oc2nc(N3CCOCC3)cc3nccn23)CC1)c1ncccn1. The number of aromatic nitrogens is 5. The lowest BCUT2D eigenvalue weighted by atomic mass is 9.93. The third kappa shape index (κ3) is 4.43. The highest BCUT2D eigenvalue weighted by Gasteiger charge is 2.26. The lowest BCUT2D eigenvalue weighted by Gasteiger charge is -2.30. The first-order valence-electron chi connectivity index (χ1n) is 10.7. The van der Waals surface area contributed by atoms with Gasteiger partial charge in [0.05, 0.1) is 13.2 Å². The predicted molar refractivity (Wildman–Crippen MR) is 112 cm³/mol. The van der Waals surface area contributed by atoms with Gasteiger partial charge in [0.15, 0.2) is 0 Å². The molecule has 1 amide bonds. The van der Waals surface area contributed by atoms with Crippen LogP contribution in [0.15, 0.2) is 36.9 Å². The number of nitrogens with zero attached hydrogens (tertiary/aromatic N) is 6. The first kappa shape index (κ1) is 19.7. The number of amides is 1. The minimum absolute atomic E-state index is 0.0409. The van der Waals surface area contributed by atoms with Crippen LogP contribution < -0.4 is 15.0 Å². The lowest BCUT2D eigenvalue weighted by Crippen LogP contribution is -2.40. The maximum Gasteiger partial charge on any atom is 0.304 e. The molecule has 0 bridgehead atoms. The van der Waals surface area contributed by atoms with Crippen molar-refractivity contribution in [2.75, 3.05) is 31.2 Å². The second-order valence-electron chi connectivity index (χ2n) is 7.79. The van der Waals surface area contributed by atoms with Crippen molar-refractivity contribution in [2.24, 2.45) is 0 Å². The molecule has 0 aromatic carbocycles. The highest BCUT2D eigenvalue weighted by atomic mass is 16.5. The number of rotatable bonds is 5. The maximum atomic E-state index is 12.3. The van der Waals surface area contributed by atoms with E-state index in [4.69, 9.17) is 14.5 Å². The van der Waals surface area contributed by atoms with E-state index in [2.05, 4.69) is 25.2 Å². The zero-order valence-electron chi connectivity index (χ0n) is 17.2. The Balaban J connectivity index is 1.23. The smallest absolute Gasteiger partial charge is 0.304 e. The van der Waals surface area contributed by atoms with E-state index >= 15 is 0 Å². The van der Waals surface area contributed by atoms with Crippen LogP contribution in [0.2, 0.25) is 0 Å². The van der Waals surface area contributed by atoms with Gasteiger partial charge >= 0.3 is 6.01 Å². The molecule has 31 heavy (non-hydrogen) atoms. The molecule has 3 aromatic rings. The van der Waals surface area contributed by atoms with Gasteiger partial charge in [0.25, 0.3) is 5.91 Å². The van der Waals surface area contributed by atoms with Gasteiger partial charge in [-0.15, -0.1) is 0 Å². The van der Waals surface area contributed by atoms with E-state index < -0.39 is 0 Å². The van der Waals surface area contributed by atoms with E-state index in [9.17, 15) is 4.79 Å². The van der Waals surface area contributed by atoms with Crippen molar-refractivity contribution in [2.45, 2.75) is 37.8 Å². The number of fused-ring (bicyclic) bond motifs is 1. The van der Waals surface area contributed by atoms with Gasteiger partial charge in [-0.1, -0.05) is 0 Å². The number of carbonyl (C=O) groups excluding carboxylic acids is 1. The molecule has 162 valence electrons. The number of carbonyl (C=O) groups is 1. The number of imidazole rings is 1. The van der Waals surface area contributed by atoms with Gasteiger partial charge in [0.2, 0.25) is 5.82 Å². The summed E-state index contributed by atoms with van der Waals surface area (Å²) in [5.41, 5.74) is 0.815. The Morgan fingerprint density at radius 3 is 2.61 bits per heavy atom. The summed E-state index contributed by atoms with van der Waals surface area (Å²) in [6.07, 6.45) is 10.1. The summed E-state index contributed by atoms with van der Waals surface area (Å²) in [6.45, 7) is 3.00. The Morgan fingerprint density at radius 1 is 1.06 bits per heavy atom. The molecule has 2 fully saturated rings. The molecule has 5 rings (SSSR count). The van der Waals surface area contributed by atoms with Crippen LogP contribution in [0.25, 0.3) is 5.65 Å². The molecule has 3 aromatic heterocycles. The van der Waals surface area contributed by atoms with Gasteiger partial charge in [-0.2, -0.15) is 4.98 Å². The van der Waals surface area contributed by atoms with Crippen molar-refractivity contribution >= 4 is 17.4 Å². The van der Waals surface area contributed by atoms with Crippen LogP contribution in [-0.4, -0.2) is 68.7 Å². The summed E-state index contributed by atoms with van der Waals surface area (Å²) < 4.78 is 13.6. The average Bonchev–Trinajstić information content (AvgIpc) is 3.31. The quantitative estimate of drug-likeness (QED) is 0.658. The van der Waals surface area contributed by atoms with Gasteiger partial charge < -0.3 is 19.7 Å². The number of morpholine rings is 1. The first-order chi connectivity index (χ1) is 15.3. The molecule has 0 unspecified atom stereocenters. The van der Waals surface area contributed by atoms with Crippen molar-refractivity contribution in [1.82, 2.24) is 29.7 Å². The monoisotopic (exact) mass is 423 g/mol. The van der Waals surface area contributed by atoms with Gasteiger partial charge in [0.1, 0.15) is 17.6 Å². The van der Waals surface area contributed by atoms with E-state index in [0.29, 0.717) is 19.2 Å². The average molecular weight is 423 g/mol. The molecule has 1 N–H and O–H groups in total. The van der Waals surface area contributed by atoms with Crippen LogP contribution in [0, 0.1) is 0 Å². The zero-order chi connectivity index (χ0) is 21.0. The molecular weight excluding hydrogens is 398 g/mol. The summed E-state index contributed by atoms with van der Waals surface area (Å²) in [6, 6.07) is 4.33. The topological polar surface area (TPSA) is 107 Å². The molecule has 1 saturated heterocycles. The molecule has 1 aliphatic carbocycles. The fourth-order valence-corrected chi connectivity index (χ4v) is 4.06. The Hall–Kier alpha value is -3.27. The molecular formula is C21H25N7O3. The Morgan fingerprint density at radius 2 is 1.84 bits per heavy atom. The second kappa shape index (κ2) is 8.84. The maximum absolute atomic E-state index is 12.3. The summed E-state index contributed by atoms with van der Waals surface area (Å²) in [5, 5.41) is 3.03. The van der Waals surface area contributed by atoms with Gasteiger partial charge in [-0.3, -0.25) is 9.20 Å². The Labute approximate surface area is 179 Å². The van der Waals surface area contributed by atoms with Crippen molar-refractivity contribution in [3.8, 4) is 6.01 Å². The zero-order valence-corrected chi connectivity index (χ0v) is 17.2. The molecule has 4 heterocycles. The summed E-state index contributed by atoms with van der Waals surface area (Å²) in [5.74, 6) is 0.832. The molecule has 10 nitrogen and oxygen atoms in total. The van der Waals surface area contributed by atoms with E-state index in [-0.39, 0.29) is 23.9 Å². The molecule has 0 radical (unpaired) electrons. The predicted octanol–water partition coefficient (Wildman–Crippen LogP) is 1.48. The van der Waals surface area contributed by atoms with Crippen LogP contribution >= 0.6 is 0 Å². The fraction of sp³-hybridized carbons (Fsp3) is 0.476. The number of ether oxygens (including phenoxy) is 2. The second-order valence-corrected chi connectivity index (χ2v) is 7.79. The number of nitrogens with one attached hydrogen (secondary N) is 1. The molecule has 0 atom stereocenters. The third-order valence-electron chi connectivity index (χ3n) is 5.73. The summed E-state index contributed by atoms with van der Waals surface area (Å²) >= 11 is 0. The van der Waals surface area contributed by atoms with Gasteiger partial charge in [0, 0.05) is 50.0 Å². The number of hydrogen-bond acceptors (Lipinski definition) is 8. The number of hydrogen-bond donors (Lipinski definition) is 1. The van der Waals surface area contributed by atoms with E-state index in [1.54, 1.807) is 24.7 Å². The normalized spacial score (nSPS) is 21.7. The highest BCUT2D eigenvalue weighted by Crippen LogP contribution is 2.26.